The maximum Gasteiger partial charge on any atom is 0.193 e. The minimum atomic E-state index is -1.31. The maximum atomic E-state index is 13.1. The Morgan fingerprint density at radius 3 is 2.44 bits per heavy atom. The summed E-state index contributed by atoms with van der Waals surface area (Å²) in [5, 5.41) is 22.1. The highest BCUT2D eigenvalue weighted by molar-refractivity contribution is 6.03. The van der Waals surface area contributed by atoms with Crippen LogP contribution in [0.2, 0.25) is 0 Å². The van der Waals surface area contributed by atoms with E-state index in [1.807, 2.05) is 20.8 Å². The maximum absolute atomic E-state index is 13.1. The second-order valence-corrected chi connectivity index (χ2v) is 9.48. The highest BCUT2D eigenvalue weighted by Crippen LogP contribution is 2.57. The molecule has 0 aromatic heterocycles. The first kappa shape index (κ1) is 17.7. The molecule has 0 spiro atoms. The molecule has 0 aromatic rings. The van der Waals surface area contributed by atoms with Crippen LogP contribution in [0.5, 0.6) is 0 Å². The molecule has 8 atom stereocenters. The normalized spacial score (nSPS) is 58.2. The highest BCUT2D eigenvalue weighted by Gasteiger charge is 2.64. The monoisotopic (exact) mass is 350 g/mol. The second-order valence-electron chi connectivity index (χ2n) is 9.48. The van der Waals surface area contributed by atoms with Gasteiger partial charge in [-0.2, -0.15) is 0 Å². The Hall–Kier alpha value is -0.750. The molecule has 25 heavy (non-hydrogen) atoms. The van der Waals surface area contributed by atoms with Crippen molar-refractivity contribution in [3.05, 3.63) is 11.6 Å². The average molecular weight is 350 g/mol. The fourth-order valence-electron chi connectivity index (χ4n) is 5.10. The van der Waals surface area contributed by atoms with Crippen molar-refractivity contribution in [1.29, 1.82) is 0 Å². The SMILES string of the molecule is C[C@H]1[C@H](O)C=C2C(=O)[C@@H]3O[C@@]3(C)CC[C@H]3O[C@]3(C)CC[C@@]1(C)[C@]2(C)O. The number of carbonyl (C=O) groups is 1. The van der Waals surface area contributed by atoms with Gasteiger partial charge in [0.15, 0.2) is 5.78 Å². The van der Waals surface area contributed by atoms with Crippen LogP contribution in [0.15, 0.2) is 11.6 Å². The van der Waals surface area contributed by atoms with Crippen LogP contribution in [0.25, 0.3) is 0 Å². The molecule has 140 valence electrons. The van der Waals surface area contributed by atoms with E-state index < -0.39 is 28.8 Å². The number of rotatable bonds is 0. The number of aliphatic hydroxyl groups is 2. The van der Waals surface area contributed by atoms with Gasteiger partial charge in [0, 0.05) is 11.0 Å². The molecule has 2 heterocycles. The molecular weight excluding hydrogens is 320 g/mol. The molecule has 0 amide bonds. The van der Waals surface area contributed by atoms with Gasteiger partial charge in [-0.25, -0.2) is 0 Å². The number of ether oxygens (including phenoxy) is 2. The first-order valence-corrected chi connectivity index (χ1v) is 9.47. The first-order valence-electron chi connectivity index (χ1n) is 9.47. The van der Waals surface area contributed by atoms with Gasteiger partial charge in [-0.3, -0.25) is 4.79 Å². The summed E-state index contributed by atoms with van der Waals surface area (Å²) in [7, 11) is 0. The fourth-order valence-corrected chi connectivity index (χ4v) is 5.10. The Kier molecular flexibility index (Phi) is 3.49. The lowest BCUT2D eigenvalue weighted by atomic mass is 9.55. The Labute approximate surface area is 149 Å². The number of ketones is 1. The zero-order chi connectivity index (χ0) is 18.4. The van der Waals surface area contributed by atoms with Crippen LogP contribution in [-0.2, 0) is 14.3 Å². The molecule has 0 aromatic carbocycles. The highest BCUT2D eigenvalue weighted by atomic mass is 16.6. The topological polar surface area (TPSA) is 82.6 Å². The van der Waals surface area contributed by atoms with E-state index in [-0.39, 0.29) is 23.4 Å². The summed E-state index contributed by atoms with van der Waals surface area (Å²) in [5.41, 5.74) is -2.26. The van der Waals surface area contributed by atoms with E-state index in [1.165, 1.54) is 0 Å². The van der Waals surface area contributed by atoms with Gasteiger partial charge in [-0.15, -0.1) is 0 Å². The molecule has 4 rings (SSSR count). The third kappa shape index (κ3) is 2.32. The Morgan fingerprint density at radius 2 is 1.76 bits per heavy atom. The predicted octanol–water partition coefficient (Wildman–Crippen LogP) is 2.14. The largest absolute Gasteiger partial charge is 0.389 e. The van der Waals surface area contributed by atoms with E-state index in [2.05, 4.69) is 6.92 Å². The summed E-state index contributed by atoms with van der Waals surface area (Å²) in [6.07, 6.45) is 3.64. The molecule has 0 radical (unpaired) electrons. The van der Waals surface area contributed by atoms with Gasteiger partial charge in [0.25, 0.3) is 0 Å². The molecule has 2 aliphatic heterocycles. The number of aliphatic hydroxyl groups excluding tert-OH is 1. The number of fused-ring (bicyclic) bond motifs is 4. The summed E-state index contributed by atoms with van der Waals surface area (Å²) in [6, 6.07) is 0. The van der Waals surface area contributed by atoms with Crippen molar-refractivity contribution < 1.29 is 24.5 Å². The minimum absolute atomic E-state index is 0.158. The molecule has 5 nitrogen and oxygen atoms in total. The standard InChI is InChI=1S/C20H30O5/c1-11-13(21)10-12-15(22)16-19(4,25-16)7-6-14-18(3,24-14)9-8-17(11,2)20(12,5)23/h10-11,13-14,16,21,23H,6-9H2,1-5H3/t11-,13+,14+,16-,17+,18+,19-,20+/m0/s1. The van der Waals surface area contributed by atoms with E-state index in [4.69, 9.17) is 9.47 Å². The van der Waals surface area contributed by atoms with Gasteiger partial charge in [0.05, 0.1) is 23.4 Å². The molecule has 1 saturated carbocycles. The lowest BCUT2D eigenvalue weighted by Crippen LogP contribution is -2.57. The molecule has 2 N–H and O–H groups in total. The van der Waals surface area contributed by atoms with Crippen molar-refractivity contribution in [2.24, 2.45) is 11.3 Å². The lowest BCUT2D eigenvalue weighted by molar-refractivity contribution is -0.132. The van der Waals surface area contributed by atoms with Crippen molar-refractivity contribution in [3.8, 4) is 0 Å². The molecule has 4 aliphatic rings. The molecule has 0 unspecified atom stereocenters. The van der Waals surface area contributed by atoms with E-state index >= 15 is 0 Å². The van der Waals surface area contributed by atoms with E-state index in [0.717, 1.165) is 19.3 Å². The molecule has 5 heteroatoms. The van der Waals surface area contributed by atoms with Gasteiger partial charge in [-0.1, -0.05) is 13.8 Å². The first-order chi connectivity index (χ1) is 11.4. The Bertz CT molecular complexity index is 654. The van der Waals surface area contributed by atoms with Gasteiger partial charge >= 0.3 is 0 Å². The fraction of sp³-hybridized carbons (Fsp3) is 0.850. The predicted molar refractivity (Wildman–Crippen MR) is 92.0 cm³/mol. The van der Waals surface area contributed by atoms with Gasteiger partial charge in [-0.05, 0) is 58.4 Å². The minimum Gasteiger partial charge on any atom is -0.389 e. The van der Waals surface area contributed by atoms with E-state index in [0.29, 0.717) is 12.0 Å². The van der Waals surface area contributed by atoms with Gasteiger partial charge in [0.1, 0.15) is 11.7 Å². The summed E-state index contributed by atoms with van der Waals surface area (Å²) < 4.78 is 11.7. The van der Waals surface area contributed by atoms with Crippen LogP contribution in [0, 0.1) is 11.3 Å². The smallest absolute Gasteiger partial charge is 0.193 e. The van der Waals surface area contributed by atoms with Crippen molar-refractivity contribution in [1.82, 2.24) is 0 Å². The second kappa shape index (κ2) is 4.94. The van der Waals surface area contributed by atoms with Gasteiger partial charge in [0.2, 0.25) is 0 Å². The zero-order valence-electron chi connectivity index (χ0n) is 15.8. The molecule has 2 saturated heterocycles. The molecule has 3 fully saturated rings. The summed E-state index contributed by atoms with van der Waals surface area (Å²) in [4.78, 5) is 13.1. The van der Waals surface area contributed by atoms with Crippen LogP contribution >= 0.6 is 0 Å². The lowest BCUT2D eigenvalue weighted by Gasteiger charge is -2.52. The number of carbonyl (C=O) groups excluding carboxylic acids is 1. The third-order valence-corrected chi connectivity index (χ3v) is 7.96. The van der Waals surface area contributed by atoms with Crippen molar-refractivity contribution in [2.45, 2.75) is 95.4 Å². The van der Waals surface area contributed by atoms with Crippen LogP contribution in [0.4, 0.5) is 0 Å². The number of Topliss-reactive ketones (excluding diaryl/α,β-unsaturated/α-hetero) is 1. The summed E-state index contributed by atoms with van der Waals surface area (Å²) >= 11 is 0. The molecule has 2 aliphatic carbocycles. The van der Waals surface area contributed by atoms with E-state index in [1.54, 1.807) is 13.0 Å². The summed E-state index contributed by atoms with van der Waals surface area (Å²) in [6.45, 7) is 9.74. The van der Waals surface area contributed by atoms with Crippen LogP contribution in [0.3, 0.4) is 0 Å². The van der Waals surface area contributed by atoms with Crippen LogP contribution in [0.1, 0.15) is 60.3 Å². The average Bonchev–Trinajstić information content (AvgIpc) is 3.40. The van der Waals surface area contributed by atoms with Crippen molar-refractivity contribution in [2.75, 3.05) is 0 Å². The number of hydrogen-bond donors (Lipinski definition) is 2. The number of hydrogen-bond acceptors (Lipinski definition) is 5. The van der Waals surface area contributed by atoms with E-state index in [9.17, 15) is 15.0 Å². The van der Waals surface area contributed by atoms with Crippen LogP contribution < -0.4 is 0 Å². The quantitative estimate of drug-likeness (QED) is 0.654. The number of epoxide rings is 2. The third-order valence-electron chi connectivity index (χ3n) is 7.96. The van der Waals surface area contributed by atoms with Crippen molar-refractivity contribution >= 4 is 5.78 Å². The summed E-state index contributed by atoms with van der Waals surface area (Å²) in [5.74, 6) is -0.334. The van der Waals surface area contributed by atoms with Crippen molar-refractivity contribution in [3.63, 3.8) is 0 Å². The Morgan fingerprint density at radius 1 is 1.08 bits per heavy atom. The molecular formula is C20H30O5. The molecule has 2 bridgehead atoms. The zero-order valence-corrected chi connectivity index (χ0v) is 15.8. The van der Waals surface area contributed by atoms with Gasteiger partial charge < -0.3 is 19.7 Å². The Balaban J connectivity index is 1.77. The van der Waals surface area contributed by atoms with Crippen LogP contribution in [-0.4, -0.2) is 51.1 Å².